The second-order valence-electron chi connectivity index (χ2n) is 11.7. The number of hydrogen-bond acceptors (Lipinski definition) is 4. The van der Waals surface area contributed by atoms with Crippen LogP contribution < -0.4 is 10.3 Å². The van der Waals surface area contributed by atoms with E-state index in [1.54, 1.807) is 17.4 Å². The van der Waals surface area contributed by atoms with Crippen LogP contribution in [0.25, 0.3) is 11.2 Å². The number of imidazole rings is 1. The maximum atomic E-state index is 13.4. The van der Waals surface area contributed by atoms with Gasteiger partial charge in [-0.05, 0) is 73.6 Å². The van der Waals surface area contributed by atoms with Crippen molar-refractivity contribution in [1.29, 1.82) is 0 Å². The van der Waals surface area contributed by atoms with Gasteiger partial charge in [0.25, 0.3) is 11.6 Å². The van der Waals surface area contributed by atoms with Crippen molar-refractivity contribution in [1.82, 2.24) is 19.9 Å². The number of H-pyrrole nitrogens is 2. The molecule has 1 aliphatic heterocycles. The summed E-state index contributed by atoms with van der Waals surface area (Å²) in [6.45, 7) is 7.04. The molecule has 6 rings (SSSR count). The number of carbonyl (C=O) groups is 2. The molecular weight excluding hydrogens is 428 g/mol. The van der Waals surface area contributed by atoms with E-state index in [2.05, 4.69) is 46.0 Å². The normalized spacial score (nSPS) is 37.4. The summed E-state index contributed by atoms with van der Waals surface area (Å²) in [6.07, 6.45) is 11.4. The van der Waals surface area contributed by atoms with E-state index in [1.807, 2.05) is 7.05 Å². The molecule has 6 atom stereocenters. The molecule has 4 aliphatic rings. The Balaban J connectivity index is 1.32. The Morgan fingerprint density at radius 2 is 2.09 bits per heavy atom. The topological polar surface area (TPSA) is 105 Å². The van der Waals surface area contributed by atoms with Crippen molar-refractivity contribution in [3.63, 3.8) is 0 Å². The van der Waals surface area contributed by atoms with Crippen LogP contribution in [0.5, 0.6) is 0 Å². The van der Waals surface area contributed by atoms with Gasteiger partial charge in [-0.25, -0.2) is 15.3 Å². The molecule has 34 heavy (non-hydrogen) atoms. The largest absolute Gasteiger partial charge is 0.398 e. The average molecular weight is 464 g/mol. The molecule has 180 valence electrons. The number of hydrogen-bond donors (Lipinski definition) is 2. The zero-order chi connectivity index (χ0) is 23.8. The Morgan fingerprint density at radius 1 is 1.26 bits per heavy atom. The maximum absolute atomic E-state index is 13.4. The van der Waals surface area contributed by atoms with Gasteiger partial charge in [0.2, 0.25) is 5.91 Å². The van der Waals surface area contributed by atoms with Crippen molar-refractivity contribution in [2.24, 2.45) is 34.5 Å². The molecule has 2 aromatic heterocycles. The average Bonchev–Trinajstić information content (AvgIpc) is 3.42. The Kier molecular flexibility index (Phi) is 4.71. The molecule has 3 fully saturated rings. The lowest BCUT2D eigenvalue weighted by molar-refractivity contribution is -0.362. The minimum atomic E-state index is -0.729. The van der Waals surface area contributed by atoms with Crippen molar-refractivity contribution in [2.75, 3.05) is 12.4 Å². The monoisotopic (exact) mass is 463 g/mol. The highest BCUT2D eigenvalue weighted by atomic mass is 16.2. The third-order valence-electron chi connectivity index (χ3n) is 9.89. The predicted molar refractivity (Wildman–Crippen MR) is 127 cm³/mol. The van der Waals surface area contributed by atoms with Crippen LogP contribution in [0, 0.1) is 34.5 Å². The van der Waals surface area contributed by atoms with E-state index in [0.29, 0.717) is 35.3 Å². The van der Waals surface area contributed by atoms with E-state index in [4.69, 9.17) is 0 Å². The fraction of sp³-hybridized carbons (Fsp3) is 0.654. The zero-order valence-corrected chi connectivity index (χ0v) is 20.6. The van der Waals surface area contributed by atoms with E-state index in [1.165, 1.54) is 43.4 Å². The summed E-state index contributed by atoms with van der Waals surface area (Å²) >= 11 is 0. The Morgan fingerprint density at radius 3 is 2.91 bits per heavy atom. The van der Waals surface area contributed by atoms with E-state index >= 15 is 0 Å². The molecule has 2 amide bonds. The molecule has 1 saturated heterocycles. The summed E-state index contributed by atoms with van der Waals surface area (Å²) in [5.74, 6) is 1.09. The van der Waals surface area contributed by atoms with Gasteiger partial charge in [-0.1, -0.05) is 25.8 Å². The van der Waals surface area contributed by atoms with Crippen LogP contribution in [0.1, 0.15) is 65.7 Å². The number of amides is 2. The minimum Gasteiger partial charge on any atom is -0.340 e. The summed E-state index contributed by atoms with van der Waals surface area (Å²) in [5.41, 5.74) is 4.08. The third-order valence-corrected chi connectivity index (χ3v) is 9.89. The maximum Gasteiger partial charge on any atom is 0.398 e. The SMILES string of the molecule is CC1=C2N(C)C(=O)C(C(=O)Nc3nc4nc[nH]c4c[nH+]3)C[C@]2(C)[C@@H]2CC[C@]3(C)CCC[C@H]3[C@@H]2C1. The van der Waals surface area contributed by atoms with Crippen molar-refractivity contribution in [3.05, 3.63) is 23.8 Å². The van der Waals surface area contributed by atoms with E-state index in [0.717, 1.165) is 17.9 Å². The molecule has 8 nitrogen and oxygen atoms in total. The number of rotatable bonds is 2. The van der Waals surface area contributed by atoms with Gasteiger partial charge in [0.15, 0.2) is 0 Å². The van der Waals surface area contributed by atoms with Crippen LogP contribution in [-0.2, 0) is 9.59 Å². The molecule has 3 aliphatic carbocycles. The van der Waals surface area contributed by atoms with Crippen LogP contribution in [0.3, 0.4) is 0 Å². The Labute approximate surface area is 200 Å². The lowest BCUT2D eigenvalue weighted by Gasteiger charge is -2.59. The summed E-state index contributed by atoms with van der Waals surface area (Å²) in [7, 11) is 1.86. The van der Waals surface area contributed by atoms with Crippen LogP contribution in [0.2, 0.25) is 0 Å². The molecule has 0 radical (unpaired) electrons. The van der Waals surface area contributed by atoms with Crippen LogP contribution in [0.15, 0.2) is 23.8 Å². The number of likely N-dealkylation sites (tertiary alicyclic amines) is 1. The highest BCUT2D eigenvalue weighted by Gasteiger charge is 2.60. The number of allylic oxidation sites excluding steroid dienone is 2. The van der Waals surface area contributed by atoms with E-state index in [9.17, 15) is 9.59 Å². The van der Waals surface area contributed by atoms with Crippen LogP contribution in [-0.4, -0.2) is 38.7 Å². The van der Waals surface area contributed by atoms with E-state index < -0.39 is 5.92 Å². The number of aromatic nitrogens is 4. The lowest BCUT2D eigenvalue weighted by Crippen LogP contribution is -2.57. The Hall–Kier alpha value is -2.77. The number of fused-ring (bicyclic) bond motifs is 6. The fourth-order valence-corrected chi connectivity index (χ4v) is 8.49. The highest BCUT2D eigenvalue weighted by Crippen LogP contribution is 2.65. The van der Waals surface area contributed by atoms with Gasteiger partial charge in [-0.2, -0.15) is 0 Å². The third kappa shape index (κ3) is 2.99. The predicted octanol–water partition coefficient (Wildman–Crippen LogP) is 3.71. The van der Waals surface area contributed by atoms with Gasteiger partial charge in [-0.15, -0.1) is 0 Å². The molecule has 2 aromatic rings. The first-order chi connectivity index (χ1) is 16.2. The van der Waals surface area contributed by atoms with Gasteiger partial charge >= 0.3 is 5.95 Å². The van der Waals surface area contributed by atoms with Crippen molar-refractivity contribution in [3.8, 4) is 0 Å². The standard InChI is InChI=1S/C26H34N6O2/c1-14-10-15-17-6-5-8-25(17,2)9-7-18(15)26(3)11-16(23(34)32(4)20(14)26)22(33)31-24-27-12-19-21(30-24)29-13-28-19/h12-13,15-18H,5-11H2,1-4H3,(H2,27,28,29,30,31,33)/p+1/t15-,16?,17-,18+,25-,26+/m0/s1. The molecule has 0 aromatic carbocycles. The highest BCUT2D eigenvalue weighted by molar-refractivity contribution is 6.06. The first-order valence-electron chi connectivity index (χ1n) is 12.7. The molecule has 0 spiro atoms. The summed E-state index contributed by atoms with van der Waals surface area (Å²) in [5, 5.41) is 2.86. The quantitative estimate of drug-likeness (QED) is 0.663. The first kappa shape index (κ1) is 21.7. The fourth-order valence-electron chi connectivity index (χ4n) is 8.49. The van der Waals surface area contributed by atoms with E-state index in [-0.39, 0.29) is 17.2 Å². The second kappa shape index (κ2) is 7.36. The summed E-state index contributed by atoms with van der Waals surface area (Å²) in [4.78, 5) is 43.2. The molecule has 3 N–H and O–H groups in total. The Bertz CT molecular complexity index is 1220. The molecule has 2 saturated carbocycles. The molecule has 8 heteroatoms. The number of piperidine rings is 1. The summed E-state index contributed by atoms with van der Waals surface area (Å²) in [6, 6.07) is 0. The van der Waals surface area contributed by atoms with Gasteiger partial charge < -0.3 is 9.88 Å². The van der Waals surface area contributed by atoms with Crippen LogP contribution >= 0.6 is 0 Å². The number of nitrogens with one attached hydrogen (secondary N) is 3. The number of anilines is 1. The molecular formula is C26H35N6O2+. The molecule has 3 heterocycles. The van der Waals surface area contributed by atoms with Crippen LogP contribution in [0.4, 0.5) is 5.95 Å². The number of nitrogens with zero attached hydrogens (tertiary/aromatic N) is 3. The second-order valence-corrected chi connectivity index (χ2v) is 11.7. The molecule has 1 unspecified atom stereocenters. The number of carbonyl (C=O) groups excluding carboxylic acids is 2. The van der Waals surface area contributed by atoms with Gasteiger partial charge in [0, 0.05) is 18.2 Å². The first-order valence-corrected chi connectivity index (χ1v) is 12.7. The smallest absolute Gasteiger partial charge is 0.340 e. The van der Waals surface area contributed by atoms with Crippen molar-refractivity contribution >= 4 is 28.9 Å². The van der Waals surface area contributed by atoms with Gasteiger partial charge in [0.05, 0.1) is 12.5 Å². The molecule has 0 bridgehead atoms. The van der Waals surface area contributed by atoms with Gasteiger partial charge in [0.1, 0.15) is 11.4 Å². The zero-order valence-electron chi connectivity index (χ0n) is 20.6. The van der Waals surface area contributed by atoms with Crippen molar-refractivity contribution in [2.45, 2.75) is 65.7 Å². The summed E-state index contributed by atoms with van der Waals surface area (Å²) < 4.78 is 0. The minimum absolute atomic E-state index is 0.120. The number of aromatic amines is 2. The van der Waals surface area contributed by atoms with Crippen molar-refractivity contribution < 1.29 is 14.6 Å². The van der Waals surface area contributed by atoms with Gasteiger partial charge in [-0.3, -0.25) is 9.59 Å². The lowest BCUT2D eigenvalue weighted by atomic mass is 9.48.